The number of carbonyl (C=O) groups is 1. The van der Waals surface area contributed by atoms with Gasteiger partial charge < -0.3 is 10.1 Å². The minimum absolute atomic E-state index is 0.0582. The van der Waals surface area contributed by atoms with Crippen molar-refractivity contribution in [3.63, 3.8) is 0 Å². The third-order valence-electron chi connectivity index (χ3n) is 3.98. The van der Waals surface area contributed by atoms with Crippen molar-refractivity contribution in [2.45, 2.75) is 17.7 Å². The summed E-state index contributed by atoms with van der Waals surface area (Å²) in [5, 5.41) is 2.78. The lowest BCUT2D eigenvalue weighted by molar-refractivity contribution is -0.125. The van der Waals surface area contributed by atoms with Crippen molar-refractivity contribution in [3.05, 3.63) is 35.3 Å². The van der Waals surface area contributed by atoms with Crippen LogP contribution in [0.1, 0.15) is 12.8 Å². The number of hydrogen-bond acceptors (Lipinski definition) is 4. The van der Waals surface area contributed by atoms with Gasteiger partial charge in [0.25, 0.3) is 0 Å². The molecule has 132 valence electrons. The maximum absolute atomic E-state index is 12.6. The molecule has 1 aliphatic heterocycles. The Bertz CT molecular complexity index is 695. The maximum Gasteiger partial charge on any atom is 0.243 e. The van der Waals surface area contributed by atoms with Crippen LogP contribution in [0.5, 0.6) is 5.75 Å². The smallest absolute Gasteiger partial charge is 0.243 e. The number of carbonyl (C=O) groups excluding carboxylic acids is 1. The Labute approximate surface area is 151 Å². The molecule has 1 saturated heterocycles. The second kappa shape index (κ2) is 8.13. The van der Waals surface area contributed by atoms with E-state index in [4.69, 9.17) is 4.74 Å². The Morgan fingerprint density at radius 3 is 2.42 bits per heavy atom. The molecule has 1 fully saturated rings. The Morgan fingerprint density at radius 2 is 1.92 bits per heavy atom. The van der Waals surface area contributed by atoms with Gasteiger partial charge in [-0.2, -0.15) is 4.31 Å². The molecule has 6 nitrogen and oxygen atoms in total. The summed E-state index contributed by atoms with van der Waals surface area (Å²) in [6.07, 6.45) is 1.02. The van der Waals surface area contributed by atoms with Crippen molar-refractivity contribution in [1.82, 2.24) is 9.62 Å². The largest absolute Gasteiger partial charge is 0.497 e. The molecule has 1 heterocycles. The summed E-state index contributed by atoms with van der Waals surface area (Å²) in [5.41, 5.74) is 0. The number of nitrogens with one attached hydrogen (secondary N) is 1. The van der Waals surface area contributed by atoms with Gasteiger partial charge in [-0.15, -0.1) is 0 Å². The lowest BCUT2D eigenvalue weighted by Gasteiger charge is -2.30. The van der Waals surface area contributed by atoms with Crippen LogP contribution in [0, 0.1) is 5.92 Å². The summed E-state index contributed by atoms with van der Waals surface area (Å²) in [6, 6.07) is 6.32. The molecule has 1 N–H and O–H groups in total. The first-order valence-corrected chi connectivity index (χ1v) is 9.83. The highest BCUT2D eigenvalue weighted by Gasteiger charge is 2.31. The predicted octanol–water partition coefficient (Wildman–Crippen LogP) is 2.12. The molecule has 1 aliphatic rings. The third-order valence-corrected chi connectivity index (χ3v) is 6.17. The Kier molecular flexibility index (Phi) is 6.42. The van der Waals surface area contributed by atoms with Gasteiger partial charge in [0.2, 0.25) is 15.9 Å². The van der Waals surface area contributed by atoms with Gasteiger partial charge in [0.1, 0.15) is 5.75 Å². The maximum atomic E-state index is 12.6. The van der Waals surface area contributed by atoms with E-state index in [0.717, 1.165) is 0 Å². The average molecular weight is 417 g/mol. The van der Waals surface area contributed by atoms with Crippen molar-refractivity contribution in [2.24, 2.45) is 5.92 Å². The summed E-state index contributed by atoms with van der Waals surface area (Å²) < 4.78 is 32.5. The number of sulfonamides is 1. The molecule has 0 saturated carbocycles. The third kappa shape index (κ3) is 4.58. The highest BCUT2D eigenvalue weighted by atomic mass is 79.9. The molecule has 8 heteroatoms. The van der Waals surface area contributed by atoms with E-state index in [9.17, 15) is 13.2 Å². The van der Waals surface area contributed by atoms with Crippen LogP contribution in [-0.2, 0) is 14.8 Å². The van der Waals surface area contributed by atoms with Crippen molar-refractivity contribution in [1.29, 1.82) is 0 Å². The quantitative estimate of drug-likeness (QED) is 0.770. The van der Waals surface area contributed by atoms with Gasteiger partial charge in [-0.05, 0) is 37.1 Å². The molecule has 24 heavy (non-hydrogen) atoms. The Morgan fingerprint density at radius 1 is 1.33 bits per heavy atom. The van der Waals surface area contributed by atoms with E-state index in [2.05, 4.69) is 27.8 Å². The van der Waals surface area contributed by atoms with Crippen LogP contribution in [0.2, 0.25) is 0 Å². The second-order valence-electron chi connectivity index (χ2n) is 5.59. The standard InChI is InChI=1S/C16H21BrN2O4S/c1-12(17)11-18-16(20)13-7-9-19(10-8-13)24(21,22)15-5-3-14(23-2)4-6-15/h3-6,13H,1,7-11H2,2H3,(H,18,20). The van der Waals surface area contributed by atoms with E-state index in [1.807, 2.05) is 0 Å². The van der Waals surface area contributed by atoms with E-state index < -0.39 is 10.0 Å². The zero-order valence-corrected chi connectivity index (χ0v) is 15.9. The van der Waals surface area contributed by atoms with Crippen LogP contribution in [0.25, 0.3) is 0 Å². The van der Waals surface area contributed by atoms with Crippen molar-refractivity contribution in [2.75, 3.05) is 26.7 Å². The first-order chi connectivity index (χ1) is 11.3. The fourth-order valence-electron chi connectivity index (χ4n) is 2.58. The molecule has 1 aromatic rings. The van der Waals surface area contributed by atoms with Crippen molar-refractivity contribution in [3.8, 4) is 5.75 Å². The van der Waals surface area contributed by atoms with E-state index in [1.54, 1.807) is 12.1 Å². The summed E-state index contributed by atoms with van der Waals surface area (Å²) in [7, 11) is -2.01. The van der Waals surface area contributed by atoms with Gasteiger partial charge >= 0.3 is 0 Å². The lowest BCUT2D eigenvalue weighted by Crippen LogP contribution is -2.43. The SMILES string of the molecule is C=C(Br)CNC(=O)C1CCN(S(=O)(=O)c2ccc(OC)cc2)CC1. The lowest BCUT2D eigenvalue weighted by atomic mass is 9.97. The molecule has 2 rings (SSSR count). The molecule has 0 aromatic heterocycles. The van der Waals surface area contributed by atoms with Crippen LogP contribution >= 0.6 is 15.9 Å². The molecule has 0 unspecified atom stereocenters. The number of rotatable bonds is 6. The van der Waals surface area contributed by atoms with Gasteiger partial charge in [0.15, 0.2) is 0 Å². The summed E-state index contributed by atoms with van der Waals surface area (Å²) in [5.74, 6) is 0.383. The number of amides is 1. The van der Waals surface area contributed by atoms with Crippen LogP contribution in [0.4, 0.5) is 0 Å². The zero-order valence-electron chi connectivity index (χ0n) is 13.5. The minimum Gasteiger partial charge on any atom is -0.497 e. The molecule has 0 aliphatic carbocycles. The van der Waals surface area contributed by atoms with Crippen molar-refractivity contribution < 1.29 is 17.9 Å². The number of benzene rings is 1. The van der Waals surface area contributed by atoms with Crippen LogP contribution in [0.3, 0.4) is 0 Å². The topological polar surface area (TPSA) is 75.7 Å². The van der Waals surface area contributed by atoms with Gasteiger partial charge in [-0.1, -0.05) is 22.5 Å². The van der Waals surface area contributed by atoms with Gasteiger partial charge in [-0.3, -0.25) is 4.79 Å². The monoisotopic (exact) mass is 416 g/mol. The van der Waals surface area contributed by atoms with E-state index in [-0.39, 0.29) is 16.7 Å². The van der Waals surface area contributed by atoms with E-state index >= 15 is 0 Å². The number of methoxy groups -OCH3 is 1. The van der Waals surface area contributed by atoms with Gasteiger partial charge in [0, 0.05) is 30.0 Å². The fraction of sp³-hybridized carbons (Fsp3) is 0.438. The number of ether oxygens (including phenoxy) is 1. The normalized spacial score (nSPS) is 16.6. The first kappa shape index (κ1) is 19.0. The first-order valence-electron chi connectivity index (χ1n) is 7.60. The second-order valence-corrected chi connectivity index (χ2v) is 8.65. The number of nitrogens with zero attached hydrogens (tertiary/aromatic N) is 1. The molecule has 0 bridgehead atoms. The highest BCUT2D eigenvalue weighted by Crippen LogP contribution is 2.25. The van der Waals surface area contributed by atoms with Crippen LogP contribution in [-0.4, -0.2) is 45.4 Å². The Hall–Kier alpha value is -1.38. The van der Waals surface area contributed by atoms with Crippen LogP contribution in [0.15, 0.2) is 40.2 Å². The number of hydrogen-bond donors (Lipinski definition) is 1. The molecule has 1 amide bonds. The number of halogens is 1. The van der Waals surface area contributed by atoms with E-state index in [1.165, 1.54) is 23.5 Å². The van der Waals surface area contributed by atoms with Crippen molar-refractivity contribution >= 4 is 31.9 Å². The predicted molar refractivity (Wildman–Crippen MR) is 95.6 cm³/mol. The molecular formula is C16H21BrN2O4S. The summed E-state index contributed by atoms with van der Waals surface area (Å²) in [6.45, 7) is 4.72. The minimum atomic E-state index is -3.54. The van der Waals surface area contributed by atoms with Crippen LogP contribution < -0.4 is 10.1 Å². The summed E-state index contributed by atoms with van der Waals surface area (Å²) in [4.78, 5) is 12.3. The zero-order chi connectivity index (χ0) is 17.7. The molecule has 0 spiro atoms. The highest BCUT2D eigenvalue weighted by molar-refractivity contribution is 9.11. The molecule has 1 aromatic carbocycles. The fourth-order valence-corrected chi connectivity index (χ4v) is 4.19. The van der Waals surface area contributed by atoms with Gasteiger partial charge in [-0.25, -0.2) is 8.42 Å². The summed E-state index contributed by atoms with van der Waals surface area (Å²) >= 11 is 3.19. The molecule has 0 atom stereocenters. The Balaban J connectivity index is 1.97. The molecular weight excluding hydrogens is 396 g/mol. The molecule has 0 radical (unpaired) electrons. The number of piperidine rings is 1. The van der Waals surface area contributed by atoms with E-state index in [0.29, 0.717) is 42.7 Å². The van der Waals surface area contributed by atoms with Gasteiger partial charge in [0.05, 0.1) is 12.0 Å². The average Bonchev–Trinajstić information content (AvgIpc) is 2.59.